The molecule has 0 radical (unpaired) electrons. The lowest BCUT2D eigenvalue weighted by atomic mass is 9.95. The Morgan fingerprint density at radius 2 is 1.86 bits per heavy atom. The lowest BCUT2D eigenvalue weighted by Gasteiger charge is -2.26. The van der Waals surface area contributed by atoms with Gasteiger partial charge in [-0.3, -0.25) is 11.3 Å². The SMILES string of the molecule is CCCC(OCC)C(Cc1cccc2ccccc12)NN. The second kappa shape index (κ2) is 8.13. The number of fused-ring (bicyclic) bond motifs is 1. The predicted octanol–water partition coefficient (Wildman–Crippen LogP) is 3.42. The summed E-state index contributed by atoms with van der Waals surface area (Å²) >= 11 is 0. The van der Waals surface area contributed by atoms with Crippen LogP contribution in [0.4, 0.5) is 0 Å². The Morgan fingerprint density at radius 3 is 2.57 bits per heavy atom. The molecule has 0 saturated heterocycles. The van der Waals surface area contributed by atoms with E-state index in [0.717, 1.165) is 25.9 Å². The molecule has 0 aromatic heterocycles. The first kappa shape index (κ1) is 16.0. The van der Waals surface area contributed by atoms with Gasteiger partial charge in [-0.05, 0) is 36.1 Å². The van der Waals surface area contributed by atoms with Crippen molar-refractivity contribution >= 4 is 10.8 Å². The van der Waals surface area contributed by atoms with Crippen molar-refractivity contribution in [2.24, 2.45) is 5.84 Å². The Labute approximate surface area is 127 Å². The van der Waals surface area contributed by atoms with Crippen LogP contribution >= 0.6 is 0 Å². The maximum Gasteiger partial charge on any atom is 0.0744 e. The van der Waals surface area contributed by atoms with E-state index in [9.17, 15) is 0 Å². The van der Waals surface area contributed by atoms with Crippen LogP contribution in [-0.4, -0.2) is 18.8 Å². The molecule has 2 atom stereocenters. The van der Waals surface area contributed by atoms with Crippen molar-refractivity contribution in [2.75, 3.05) is 6.61 Å². The first-order chi connectivity index (χ1) is 10.3. The second-order valence-corrected chi connectivity index (χ2v) is 5.40. The van der Waals surface area contributed by atoms with Gasteiger partial charge in [-0.2, -0.15) is 0 Å². The van der Waals surface area contributed by atoms with Crippen LogP contribution in [0, 0.1) is 0 Å². The molecule has 3 N–H and O–H groups in total. The Bertz CT molecular complexity index is 544. The molecular weight excluding hydrogens is 260 g/mol. The van der Waals surface area contributed by atoms with Crippen molar-refractivity contribution in [3.63, 3.8) is 0 Å². The van der Waals surface area contributed by atoms with E-state index in [-0.39, 0.29) is 12.1 Å². The zero-order chi connectivity index (χ0) is 15.1. The van der Waals surface area contributed by atoms with Crippen LogP contribution in [0.15, 0.2) is 42.5 Å². The number of ether oxygens (including phenoxy) is 1. The third-order valence-corrected chi connectivity index (χ3v) is 3.94. The van der Waals surface area contributed by atoms with Gasteiger partial charge in [0, 0.05) is 6.61 Å². The predicted molar refractivity (Wildman–Crippen MR) is 89.1 cm³/mol. The first-order valence-electron chi connectivity index (χ1n) is 7.84. The summed E-state index contributed by atoms with van der Waals surface area (Å²) in [6.45, 7) is 4.93. The summed E-state index contributed by atoms with van der Waals surface area (Å²) < 4.78 is 5.88. The number of hydrazine groups is 1. The van der Waals surface area contributed by atoms with Crippen molar-refractivity contribution in [1.82, 2.24) is 5.43 Å². The summed E-state index contributed by atoms with van der Waals surface area (Å²) in [6.07, 6.45) is 3.15. The minimum absolute atomic E-state index is 0.135. The Hall–Kier alpha value is -1.42. The van der Waals surface area contributed by atoms with E-state index in [1.54, 1.807) is 0 Å². The lowest BCUT2D eigenvalue weighted by Crippen LogP contribution is -2.46. The zero-order valence-corrected chi connectivity index (χ0v) is 13.0. The molecule has 3 nitrogen and oxygen atoms in total. The molecule has 0 amide bonds. The number of benzene rings is 2. The van der Waals surface area contributed by atoms with E-state index in [0.29, 0.717) is 0 Å². The molecule has 3 heteroatoms. The summed E-state index contributed by atoms with van der Waals surface area (Å²) in [6, 6.07) is 15.1. The van der Waals surface area contributed by atoms with Crippen molar-refractivity contribution in [1.29, 1.82) is 0 Å². The van der Waals surface area contributed by atoms with E-state index in [1.807, 2.05) is 6.92 Å². The molecule has 114 valence electrons. The van der Waals surface area contributed by atoms with Crippen LogP contribution in [0.5, 0.6) is 0 Å². The number of nitrogens with two attached hydrogens (primary N) is 1. The van der Waals surface area contributed by atoms with Gasteiger partial charge >= 0.3 is 0 Å². The molecule has 2 aromatic rings. The average Bonchev–Trinajstić information content (AvgIpc) is 2.52. The molecule has 0 saturated carbocycles. The largest absolute Gasteiger partial charge is 0.377 e. The molecule has 2 unspecified atom stereocenters. The fraction of sp³-hybridized carbons (Fsp3) is 0.444. The number of hydrogen-bond acceptors (Lipinski definition) is 3. The van der Waals surface area contributed by atoms with Gasteiger partial charge in [-0.1, -0.05) is 55.8 Å². The minimum atomic E-state index is 0.135. The molecule has 0 aliphatic heterocycles. The molecule has 2 rings (SSSR count). The topological polar surface area (TPSA) is 47.3 Å². The maximum atomic E-state index is 5.88. The van der Waals surface area contributed by atoms with Crippen LogP contribution in [0.25, 0.3) is 10.8 Å². The Balaban J connectivity index is 2.23. The zero-order valence-electron chi connectivity index (χ0n) is 13.0. The van der Waals surface area contributed by atoms with Crippen LogP contribution < -0.4 is 11.3 Å². The average molecular weight is 286 g/mol. The Morgan fingerprint density at radius 1 is 1.10 bits per heavy atom. The van der Waals surface area contributed by atoms with Crippen LogP contribution in [0.1, 0.15) is 32.3 Å². The van der Waals surface area contributed by atoms with Crippen molar-refractivity contribution in [3.8, 4) is 0 Å². The van der Waals surface area contributed by atoms with Crippen molar-refractivity contribution < 1.29 is 4.74 Å². The highest BCUT2D eigenvalue weighted by molar-refractivity contribution is 5.85. The molecule has 0 bridgehead atoms. The third kappa shape index (κ3) is 4.03. The summed E-state index contributed by atoms with van der Waals surface area (Å²) in [5.74, 6) is 5.80. The highest BCUT2D eigenvalue weighted by Gasteiger charge is 2.21. The van der Waals surface area contributed by atoms with Gasteiger partial charge in [0.1, 0.15) is 0 Å². The van der Waals surface area contributed by atoms with Gasteiger partial charge in [0.15, 0.2) is 0 Å². The van der Waals surface area contributed by atoms with Gasteiger partial charge < -0.3 is 4.74 Å². The van der Waals surface area contributed by atoms with E-state index >= 15 is 0 Å². The summed E-state index contributed by atoms with van der Waals surface area (Å²) in [7, 11) is 0. The fourth-order valence-corrected chi connectivity index (χ4v) is 2.90. The lowest BCUT2D eigenvalue weighted by molar-refractivity contribution is 0.0282. The van der Waals surface area contributed by atoms with Gasteiger partial charge in [0.2, 0.25) is 0 Å². The monoisotopic (exact) mass is 286 g/mol. The third-order valence-electron chi connectivity index (χ3n) is 3.94. The van der Waals surface area contributed by atoms with Crippen LogP contribution in [0.2, 0.25) is 0 Å². The molecule has 0 spiro atoms. The standard InChI is InChI=1S/C18H26N2O/c1-3-8-18(21-4-2)17(20-19)13-15-11-7-10-14-9-5-6-12-16(14)15/h5-7,9-12,17-18,20H,3-4,8,13,19H2,1-2H3. The summed E-state index contributed by atoms with van der Waals surface area (Å²) in [4.78, 5) is 0. The van der Waals surface area contributed by atoms with Gasteiger partial charge in [-0.15, -0.1) is 0 Å². The Kier molecular flexibility index (Phi) is 6.18. The van der Waals surface area contributed by atoms with E-state index < -0.39 is 0 Å². The van der Waals surface area contributed by atoms with Gasteiger partial charge in [-0.25, -0.2) is 0 Å². The van der Waals surface area contributed by atoms with Crippen molar-refractivity contribution in [2.45, 2.75) is 45.3 Å². The second-order valence-electron chi connectivity index (χ2n) is 5.40. The van der Waals surface area contributed by atoms with Crippen LogP contribution in [0.3, 0.4) is 0 Å². The summed E-state index contributed by atoms with van der Waals surface area (Å²) in [5.41, 5.74) is 4.28. The molecule has 0 aliphatic carbocycles. The van der Waals surface area contributed by atoms with Gasteiger partial charge in [0.05, 0.1) is 12.1 Å². The molecule has 21 heavy (non-hydrogen) atoms. The van der Waals surface area contributed by atoms with E-state index in [2.05, 4.69) is 54.8 Å². The molecule has 0 fully saturated rings. The number of rotatable bonds is 8. The van der Waals surface area contributed by atoms with E-state index in [4.69, 9.17) is 10.6 Å². The van der Waals surface area contributed by atoms with Gasteiger partial charge in [0.25, 0.3) is 0 Å². The molecule has 0 heterocycles. The number of nitrogens with one attached hydrogen (secondary N) is 1. The normalized spacial score (nSPS) is 14.2. The quantitative estimate of drug-likeness (QED) is 0.577. The van der Waals surface area contributed by atoms with Crippen molar-refractivity contribution in [3.05, 3.63) is 48.0 Å². The smallest absolute Gasteiger partial charge is 0.0744 e. The summed E-state index contributed by atoms with van der Waals surface area (Å²) in [5, 5.41) is 2.57. The molecular formula is C18H26N2O. The number of hydrogen-bond donors (Lipinski definition) is 2. The highest BCUT2D eigenvalue weighted by atomic mass is 16.5. The van der Waals surface area contributed by atoms with Crippen LogP contribution in [-0.2, 0) is 11.2 Å². The van der Waals surface area contributed by atoms with E-state index in [1.165, 1.54) is 16.3 Å². The minimum Gasteiger partial charge on any atom is -0.377 e. The fourth-order valence-electron chi connectivity index (χ4n) is 2.90. The first-order valence-corrected chi connectivity index (χ1v) is 7.84. The highest BCUT2D eigenvalue weighted by Crippen LogP contribution is 2.21. The molecule has 0 aliphatic rings. The maximum absolute atomic E-state index is 5.88. The molecule has 2 aromatic carbocycles.